The fourth-order valence-corrected chi connectivity index (χ4v) is 4.12. The Morgan fingerprint density at radius 3 is 2.22 bits per heavy atom. The number of ether oxygens (including phenoxy) is 5. The van der Waals surface area contributed by atoms with Crippen molar-refractivity contribution >= 4 is 29.4 Å². The summed E-state index contributed by atoms with van der Waals surface area (Å²) in [5.41, 5.74) is 2.09. The van der Waals surface area contributed by atoms with Crippen LogP contribution in [0.5, 0.6) is 23.0 Å². The summed E-state index contributed by atoms with van der Waals surface area (Å²) in [6.07, 6.45) is -0.978. The highest BCUT2D eigenvalue weighted by Crippen LogP contribution is 2.40. The largest absolute Gasteiger partial charge is 0.493 e. The number of aryl methyl sites for hydroxylation is 1. The molecule has 1 unspecified atom stereocenters. The number of rotatable bonds is 7. The van der Waals surface area contributed by atoms with Gasteiger partial charge in [0.05, 0.1) is 43.0 Å². The first-order valence-electron chi connectivity index (χ1n) is 11.2. The lowest BCUT2D eigenvalue weighted by atomic mass is 10.1. The molecule has 1 aliphatic rings. The van der Waals surface area contributed by atoms with Gasteiger partial charge in [0.25, 0.3) is 0 Å². The maximum Gasteiger partial charge on any atom is 0.343 e. The number of hydrogen-bond acceptors (Lipinski definition) is 8. The van der Waals surface area contributed by atoms with E-state index in [0.29, 0.717) is 33.4 Å². The zero-order valence-electron chi connectivity index (χ0n) is 20.9. The van der Waals surface area contributed by atoms with Crippen LogP contribution >= 0.6 is 11.6 Å². The maximum atomic E-state index is 13.2. The smallest absolute Gasteiger partial charge is 0.343 e. The molecule has 1 atom stereocenters. The van der Waals surface area contributed by atoms with E-state index in [1.807, 2.05) is 13.0 Å². The topological polar surface area (TPSA) is 95.9 Å². The zero-order valence-corrected chi connectivity index (χ0v) is 21.7. The first kappa shape index (κ1) is 25.8. The van der Waals surface area contributed by atoms with Gasteiger partial charge >= 0.3 is 5.97 Å². The molecule has 9 nitrogen and oxygen atoms in total. The molecule has 192 valence electrons. The van der Waals surface area contributed by atoms with Crippen LogP contribution in [-0.4, -0.2) is 44.1 Å². The summed E-state index contributed by atoms with van der Waals surface area (Å²) < 4.78 is 27.8. The lowest BCUT2D eigenvalue weighted by molar-refractivity contribution is -0.135. The summed E-state index contributed by atoms with van der Waals surface area (Å²) in [6, 6.07) is 15.1. The van der Waals surface area contributed by atoms with Crippen LogP contribution in [0.4, 0.5) is 0 Å². The minimum atomic E-state index is -0.978. The highest BCUT2D eigenvalue weighted by Gasteiger charge is 2.36. The molecule has 10 heteroatoms. The highest BCUT2D eigenvalue weighted by molar-refractivity contribution is 6.34. The SMILES string of the molecule is COc1cc(C(=O)Oc2ccccc2C2OC(c3ccc(C)cc3Cl)=NN2C(C)=O)cc(OC)c1OC. The number of carbonyl (C=O) groups is 2. The van der Waals surface area contributed by atoms with Crippen LogP contribution < -0.4 is 18.9 Å². The number of para-hydroxylation sites is 1. The average Bonchev–Trinajstić information content (AvgIpc) is 3.33. The van der Waals surface area contributed by atoms with Crippen molar-refractivity contribution in [3.63, 3.8) is 0 Å². The molecule has 0 aliphatic carbocycles. The lowest BCUT2D eigenvalue weighted by Crippen LogP contribution is -2.26. The molecule has 0 fully saturated rings. The number of esters is 1. The first-order chi connectivity index (χ1) is 17.8. The molecule has 0 saturated carbocycles. The van der Waals surface area contributed by atoms with Crippen molar-refractivity contribution in [3.05, 3.63) is 81.9 Å². The van der Waals surface area contributed by atoms with Crippen LogP contribution in [0.3, 0.4) is 0 Å². The Morgan fingerprint density at radius 2 is 1.62 bits per heavy atom. The average molecular weight is 525 g/mol. The molecule has 3 aromatic carbocycles. The van der Waals surface area contributed by atoms with Crippen LogP contribution in [0, 0.1) is 6.92 Å². The summed E-state index contributed by atoms with van der Waals surface area (Å²) >= 11 is 6.41. The minimum Gasteiger partial charge on any atom is -0.493 e. The van der Waals surface area contributed by atoms with Crippen molar-refractivity contribution in [2.45, 2.75) is 20.1 Å². The number of benzene rings is 3. The van der Waals surface area contributed by atoms with Gasteiger partial charge in [-0.1, -0.05) is 29.8 Å². The molecule has 0 saturated heterocycles. The monoisotopic (exact) mass is 524 g/mol. The summed E-state index contributed by atoms with van der Waals surface area (Å²) in [6.45, 7) is 3.28. The molecule has 0 spiro atoms. The number of hydrazone groups is 1. The third-order valence-electron chi connectivity index (χ3n) is 5.61. The minimum absolute atomic E-state index is 0.170. The van der Waals surface area contributed by atoms with E-state index in [2.05, 4.69) is 5.10 Å². The Balaban J connectivity index is 1.67. The number of amides is 1. The van der Waals surface area contributed by atoms with Crippen molar-refractivity contribution in [3.8, 4) is 23.0 Å². The fraction of sp³-hybridized carbons (Fsp3) is 0.222. The molecule has 1 amide bonds. The molecule has 3 aromatic rings. The third kappa shape index (κ3) is 5.17. The molecule has 1 heterocycles. The van der Waals surface area contributed by atoms with E-state index in [4.69, 9.17) is 35.3 Å². The van der Waals surface area contributed by atoms with E-state index >= 15 is 0 Å². The van der Waals surface area contributed by atoms with E-state index in [-0.39, 0.29) is 23.1 Å². The third-order valence-corrected chi connectivity index (χ3v) is 5.92. The number of carbonyl (C=O) groups excluding carboxylic acids is 2. The van der Waals surface area contributed by atoms with Gasteiger partial charge in [0.15, 0.2) is 11.5 Å². The highest BCUT2D eigenvalue weighted by atomic mass is 35.5. The van der Waals surface area contributed by atoms with Crippen LogP contribution in [0.25, 0.3) is 0 Å². The normalized spacial score (nSPS) is 14.5. The van der Waals surface area contributed by atoms with Crippen molar-refractivity contribution in [2.24, 2.45) is 5.10 Å². The summed E-state index contributed by atoms with van der Waals surface area (Å²) in [7, 11) is 4.37. The van der Waals surface area contributed by atoms with Crippen LogP contribution in [0.2, 0.25) is 5.02 Å². The number of methoxy groups -OCH3 is 3. The first-order valence-corrected chi connectivity index (χ1v) is 11.6. The van der Waals surface area contributed by atoms with Crippen molar-refractivity contribution < 1.29 is 33.3 Å². The second-order valence-corrected chi connectivity index (χ2v) is 8.47. The summed E-state index contributed by atoms with van der Waals surface area (Å²) in [5, 5.41) is 5.97. The van der Waals surface area contributed by atoms with Crippen LogP contribution in [0.15, 0.2) is 59.7 Å². The van der Waals surface area contributed by atoms with E-state index < -0.39 is 12.2 Å². The maximum absolute atomic E-state index is 13.2. The Labute approximate surface area is 219 Å². The van der Waals surface area contributed by atoms with Gasteiger partial charge in [0.1, 0.15) is 5.75 Å². The molecule has 0 N–H and O–H groups in total. The molecule has 1 aliphatic heterocycles. The van der Waals surface area contributed by atoms with E-state index in [1.54, 1.807) is 36.4 Å². The van der Waals surface area contributed by atoms with Gasteiger partial charge in [-0.2, -0.15) is 5.01 Å². The molecule has 0 radical (unpaired) electrons. The number of nitrogens with zero attached hydrogens (tertiary/aromatic N) is 2. The predicted molar refractivity (Wildman–Crippen MR) is 137 cm³/mol. The predicted octanol–water partition coefficient (Wildman–Crippen LogP) is 5.13. The standard InChI is InChI=1S/C27H25ClN2O7/c1-15-10-11-18(20(28)12-15)25-29-30(16(2)31)26(37-25)19-8-6-7-9-21(19)36-27(32)17-13-22(33-3)24(35-5)23(14-17)34-4/h6-14,26H,1-5H3. The van der Waals surface area contributed by atoms with Crippen LogP contribution in [-0.2, 0) is 9.53 Å². The molecular weight excluding hydrogens is 500 g/mol. The van der Waals surface area contributed by atoms with E-state index in [0.717, 1.165) is 5.56 Å². The van der Waals surface area contributed by atoms with Crippen molar-refractivity contribution in [1.82, 2.24) is 5.01 Å². The second-order valence-electron chi connectivity index (χ2n) is 8.06. The summed E-state index contributed by atoms with van der Waals surface area (Å²) in [5.74, 6) is 0.266. The second kappa shape index (κ2) is 10.8. The van der Waals surface area contributed by atoms with Gasteiger partial charge in [-0.05, 0) is 48.9 Å². The van der Waals surface area contributed by atoms with E-state index in [1.165, 1.54) is 45.4 Å². The number of halogens is 1. The van der Waals surface area contributed by atoms with E-state index in [9.17, 15) is 9.59 Å². The van der Waals surface area contributed by atoms with Crippen molar-refractivity contribution in [1.29, 1.82) is 0 Å². The molecule has 0 aromatic heterocycles. The van der Waals surface area contributed by atoms with Crippen LogP contribution in [0.1, 0.15) is 40.2 Å². The summed E-state index contributed by atoms with van der Waals surface area (Å²) in [4.78, 5) is 25.6. The number of hydrogen-bond donors (Lipinski definition) is 0. The Morgan fingerprint density at radius 1 is 0.946 bits per heavy atom. The quantitative estimate of drug-likeness (QED) is 0.312. The Hall–Kier alpha value is -4.24. The molecular formula is C27H25ClN2O7. The molecule has 4 rings (SSSR count). The fourth-order valence-electron chi connectivity index (χ4n) is 3.81. The molecule has 0 bridgehead atoms. The van der Waals surface area contributed by atoms with Gasteiger partial charge in [-0.15, -0.1) is 5.10 Å². The van der Waals surface area contributed by atoms with Gasteiger partial charge < -0.3 is 23.7 Å². The van der Waals surface area contributed by atoms with Gasteiger partial charge in [0, 0.05) is 6.92 Å². The van der Waals surface area contributed by atoms with Gasteiger partial charge in [-0.3, -0.25) is 4.79 Å². The lowest BCUT2D eigenvalue weighted by Gasteiger charge is -2.21. The van der Waals surface area contributed by atoms with Gasteiger partial charge in [-0.25, -0.2) is 4.79 Å². The zero-order chi connectivity index (χ0) is 26.7. The Kier molecular flexibility index (Phi) is 7.54. The Bertz CT molecular complexity index is 1360. The van der Waals surface area contributed by atoms with Crippen molar-refractivity contribution in [2.75, 3.05) is 21.3 Å². The van der Waals surface area contributed by atoms with Gasteiger partial charge in [0.2, 0.25) is 23.8 Å². The molecule has 37 heavy (non-hydrogen) atoms.